The highest BCUT2D eigenvalue weighted by atomic mass is 16.1. The van der Waals surface area contributed by atoms with Gasteiger partial charge in [-0.1, -0.05) is 24.3 Å². The molecule has 1 atom stereocenters. The van der Waals surface area contributed by atoms with Crippen LogP contribution in [0.3, 0.4) is 0 Å². The maximum absolute atomic E-state index is 12.2. The molecule has 0 saturated heterocycles. The maximum Gasteiger partial charge on any atom is 0.220 e. The van der Waals surface area contributed by atoms with Crippen molar-refractivity contribution in [3.8, 4) is 0 Å². The number of hydrogen-bond donors (Lipinski definition) is 2. The molecule has 108 valence electrons. The monoisotopic (exact) mass is 272 g/mol. The van der Waals surface area contributed by atoms with Gasteiger partial charge in [-0.3, -0.25) is 4.79 Å². The Balaban J connectivity index is 1.53. The molecule has 1 amide bonds. The number of hydrogen-bond acceptors (Lipinski definition) is 2. The van der Waals surface area contributed by atoms with E-state index in [0.717, 1.165) is 38.5 Å². The van der Waals surface area contributed by atoms with Gasteiger partial charge in [-0.25, -0.2) is 0 Å². The lowest BCUT2D eigenvalue weighted by atomic mass is 9.91. The zero-order valence-electron chi connectivity index (χ0n) is 12.0. The Kier molecular flexibility index (Phi) is 4.06. The molecule has 3 N–H and O–H groups in total. The standard InChI is InChI=1S/C17H24N2O/c18-14-7-9-15(10-8-14)19-17(20)11-13-6-5-12-3-1-2-4-16(12)13/h1-4,13-15H,5-11,18H2,(H,19,20)/t13-,14?,15?/m0/s1. The number of carbonyl (C=O) groups is 1. The van der Waals surface area contributed by atoms with Crippen LogP contribution in [0.4, 0.5) is 0 Å². The molecule has 0 heterocycles. The van der Waals surface area contributed by atoms with Crippen LogP contribution < -0.4 is 11.1 Å². The van der Waals surface area contributed by atoms with Crippen molar-refractivity contribution >= 4 is 5.91 Å². The van der Waals surface area contributed by atoms with Gasteiger partial charge >= 0.3 is 0 Å². The van der Waals surface area contributed by atoms with E-state index in [1.54, 1.807) is 0 Å². The predicted octanol–water partition coefficient (Wildman–Crippen LogP) is 2.49. The number of fused-ring (bicyclic) bond motifs is 1. The average Bonchev–Trinajstić information content (AvgIpc) is 2.85. The summed E-state index contributed by atoms with van der Waals surface area (Å²) in [7, 11) is 0. The SMILES string of the molecule is NC1CCC(NC(=O)C[C@@H]2CCc3ccccc32)CC1. The third-order valence-corrected chi connectivity index (χ3v) is 4.83. The summed E-state index contributed by atoms with van der Waals surface area (Å²) in [5.41, 5.74) is 8.71. The topological polar surface area (TPSA) is 55.1 Å². The lowest BCUT2D eigenvalue weighted by Gasteiger charge is -2.27. The van der Waals surface area contributed by atoms with Crippen LogP contribution in [0.5, 0.6) is 0 Å². The zero-order valence-corrected chi connectivity index (χ0v) is 12.0. The van der Waals surface area contributed by atoms with E-state index in [1.165, 1.54) is 11.1 Å². The number of nitrogens with one attached hydrogen (secondary N) is 1. The fourth-order valence-corrected chi connectivity index (χ4v) is 3.63. The first-order valence-electron chi connectivity index (χ1n) is 7.85. The van der Waals surface area contributed by atoms with E-state index in [0.29, 0.717) is 24.4 Å². The zero-order chi connectivity index (χ0) is 13.9. The molecule has 1 saturated carbocycles. The second-order valence-electron chi connectivity index (χ2n) is 6.32. The molecule has 2 aliphatic carbocycles. The van der Waals surface area contributed by atoms with Crippen LogP contribution in [-0.4, -0.2) is 18.0 Å². The Morgan fingerprint density at radius 3 is 2.70 bits per heavy atom. The number of rotatable bonds is 3. The Hall–Kier alpha value is -1.35. The van der Waals surface area contributed by atoms with Gasteiger partial charge in [-0.05, 0) is 55.6 Å². The van der Waals surface area contributed by atoms with Crippen LogP contribution in [0, 0.1) is 0 Å². The highest BCUT2D eigenvalue weighted by molar-refractivity contribution is 5.77. The third-order valence-electron chi connectivity index (χ3n) is 4.83. The first-order valence-corrected chi connectivity index (χ1v) is 7.85. The quantitative estimate of drug-likeness (QED) is 0.888. The van der Waals surface area contributed by atoms with Crippen LogP contribution in [0.2, 0.25) is 0 Å². The lowest BCUT2D eigenvalue weighted by molar-refractivity contribution is -0.122. The molecular formula is C17H24N2O. The molecule has 0 radical (unpaired) electrons. The first kappa shape index (κ1) is 13.6. The van der Waals surface area contributed by atoms with E-state index >= 15 is 0 Å². The normalized spacial score (nSPS) is 28.9. The highest BCUT2D eigenvalue weighted by Gasteiger charge is 2.26. The second-order valence-corrected chi connectivity index (χ2v) is 6.32. The van der Waals surface area contributed by atoms with E-state index in [4.69, 9.17) is 5.73 Å². The molecule has 3 heteroatoms. The van der Waals surface area contributed by atoms with Crippen LogP contribution in [0.15, 0.2) is 24.3 Å². The minimum Gasteiger partial charge on any atom is -0.353 e. The van der Waals surface area contributed by atoms with Crippen molar-refractivity contribution in [2.24, 2.45) is 5.73 Å². The Bertz CT molecular complexity index is 478. The molecule has 3 rings (SSSR count). The van der Waals surface area contributed by atoms with E-state index in [1.807, 2.05) is 0 Å². The largest absolute Gasteiger partial charge is 0.353 e. The van der Waals surface area contributed by atoms with Gasteiger partial charge in [0.1, 0.15) is 0 Å². The van der Waals surface area contributed by atoms with Crippen molar-refractivity contribution < 1.29 is 4.79 Å². The summed E-state index contributed by atoms with van der Waals surface area (Å²) in [5.74, 6) is 0.629. The molecule has 0 aromatic heterocycles. The first-order chi connectivity index (χ1) is 9.72. The molecule has 0 unspecified atom stereocenters. The predicted molar refractivity (Wildman–Crippen MR) is 80.5 cm³/mol. The fourth-order valence-electron chi connectivity index (χ4n) is 3.63. The summed E-state index contributed by atoms with van der Waals surface area (Å²) >= 11 is 0. The molecule has 0 spiro atoms. The number of carbonyl (C=O) groups excluding carboxylic acids is 1. The van der Waals surface area contributed by atoms with E-state index in [2.05, 4.69) is 29.6 Å². The third kappa shape index (κ3) is 3.04. The van der Waals surface area contributed by atoms with Gasteiger partial charge in [0.05, 0.1) is 0 Å². The van der Waals surface area contributed by atoms with Gasteiger partial charge in [0.15, 0.2) is 0 Å². The smallest absolute Gasteiger partial charge is 0.220 e. The molecule has 1 aromatic rings. The maximum atomic E-state index is 12.2. The molecule has 0 aliphatic heterocycles. The minimum absolute atomic E-state index is 0.215. The van der Waals surface area contributed by atoms with Crippen molar-refractivity contribution in [2.75, 3.05) is 0 Å². The van der Waals surface area contributed by atoms with Crippen molar-refractivity contribution in [3.63, 3.8) is 0 Å². The lowest BCUT2D eigenvalue weighted by Crippen LogP contribution is -2.40. The van der Waals surface area contributed by atoms with Gasteiger partial charge in [-0.15, -0.1) is 0 Å². The number of nitrogens with two attached hydrogens (primary N) is 1. The summed E-state index contributed by atoms with van der Waals surface area (Å²) in [4.78, 5) is 12.2. The van der Waals surface area contributed by atoms with E-state index in [-0.39, 0.29) is 5.91 Å². The second kappa shape index (κ2) is 5.96. The van der Waals surface area contributed by atoms with Gasteiger partial charge in [0.25, 0.3) is 0 Å². The Morgan fingerprint density at radius 1 is 1.15 bits per heavy atom. The van der Waals surface area contributed by atoms with Crippen molar-refractivity contribution in [1.82, 2.24) is 5.32 Å². The molecule has 20 heavy (non-hydrogen) atoms. The summed E-state index contributed by atoms with van der Waals surface area (Å²) in [6.45, 7) is 0. The van der Waals surface area contributed by atoms with Gasteiger partial charge < -0.3 is 11.1 Å². The van der Waals surface area contributed by atoms with Gasteiger partial charge in [0.2, 0.25) is 5.91 Å². The van der Waals surface area contributed by atoms with Crippen LogP contribution >= 0.6 is 0 Å². The fraction of sp³-hybridized carbons (Fsp3) is 0.588. The van der Waals surface area contributed by atoms with Crippen molar-refractivity contribution in [3.05, 3.63) is 35.4 Å². The highest BCUT2D eigenvalue weighted by Crippen LogP contribution is 2.35. The van der Waals surface area contributed by atoms with E-state index in [9.17, 15) is 4.79 Å². The molecule has 0 bridgehead atoms. The summed E-state index contributed by atoms with van der Waals surface area (Å²) < 4.78 is 0. The van der Waals surface area contributed by atoms with E-state index < -0.39 is 0 Å². The van der Waals surface area contributed by atoms with Crippen LogP contribution in [0.25, 0.3) is 0 Å². The Labute approximate surface area is 120 Å². The summed E-state index contributed by atoms with van der Waals surface area (Å²) in [6, 6.07) is 9.23. The summed E-state index contributed by atoms with van der Waals surface area (Å²) in [6.07, 6.45) is 7.02. The van der Waals surface area contributed by atoms with Gasteiger partial charge in [0, 0.05) is 18.5 Å². The molecule has 2 aliphatic rings. The number of aryl methyl sites for hydroxylation is 1. The average molecular weight is 272 g/mol. The summed E-state index contributed by atoms with van der Waals surface area (Å²) in [5, 5.41) is 3.20. The van der Waals surface area contributed by atoms with Crippen molar-refractivity contribution in [1.29, 1.82) is 0 Å². The molecule has 1 aromatic carbocycles. The molecule has 3 nitrogen and oxygen atoms in total. The van der Waals surface area contributed by atoms with Gasteiger partial charge in [-0.2, -0.15) is 0 Å². The van der Waals surface area contributed by atoms with Crippen LogP contribution in [-0.2, 0) is 11.2 Å². The number of amides is 1. The molecular weight excluding hydrogens is 248 g/mol. The van der Waals surface area contributed by atoms with Crippen molar-refractivity contribution in [2.45, 2.75) is 62.9 Å². The molecule has 1 fully saturated rings. The number of benzene rings is 1. The van der Waals surface area contributed by atoms with Crippen LogP contribution in [0.1, 0.15) is 55.6 Å². The Morgan fingerprint density at radius 2 is 1.90 bits per heavy atom. The minimum atomic E-state index is 0.215.